The summed E-state index contributed by atoms with van der Waals surface area (Å²) in [6.45, 7) is 6.09. The number of amides is 1. The van der Waals surface area contributed by atoms with Crippen molar-refractivity contribution in [2.45, 2.75) is 58.1 Å². The number of allylic oxidation sites excluding steroid dienone is 2. The fourth-order valence-corrected chi connectivity index (χ4v) is 4.46. The van der Waals surface area contributed by atoms with Gasteiger partial charge in [-0.1, -0.05) is 12.2 Å². The van der Waals surface area contributed by atoms with Gasteiger partial charge in [-0.3, -0.25) is 14.8 Å². The largest absolute Gasteiger partial charge is 0.392 e. The predicted octanol–water partition coefficient (Wildman–Crippen LogP) is 2.33. The minimum absolute atomic E-state index is 0.185. The van der Waals surface area contributed by atoms with Gasteiger partial charge in [-0.25, -0.2) is 0 Å². The number of aliphatic hydroxyl groups excluding tert-OH is 1. The Hall–Kier alpha value is -1.66. The van der Waals surface area contributed by atoms with Crippen molar-refractivity contribution in [1.82, 2.24) is 20.0 Å². The van der Waals surface area contributed by atoms with Crippen LogP contribution in [-0.2, 0) is 11.3 Å². The predicted molar refractivity (Wildman–Crippen MR) is 101 cm³/mol. The van der Waals surface area contributed by atoms with E-state index in [4.69, 9.17) is 0 Å². The summed E-state index contributed by atoms with van der Waals surface area (Å²) in [6.07, 6.45) is 10.8. The number of carbonyl (C=O) groups excluding carboxylic acids is 1. The Morgan fingerprint density at radius 2 is 2.35 bits per heavy atom. The number of rotatable bonds is 6. The number of carbonyl (C=O) groups is 1. The highest BCUT2D eigenvalue weighted by atomic mass is 16.3. The van der Waals surface area contributed by atoms with Crippen LogP contribution in [0.1, 0.15) is 51.1 Å². The highest BCUT2D eigenvalue weighted by Gasteiger charge is 2.46. The summed E-state index contributed by atoms with van der Waals surface area (Å²) in [4.78, 5) is 17.0. The van der Waals surface area contributed by atoms with Crippen molar-refractivity contribution >= 4 is 5.91 Å². The van der Waals surface area contributed by atoms with Crippen LogP contribution < -0.4 is 0 Å². The minimum atomic E-state index is -0.320. The second kappa shape index (κ2) is 8.82. The highest BCUT2D eigenvalue weighted by molar-refractivity contribution is 5.76. The molecule has 0 aromatic carbocycles. The van der Waals surface area contributed by atoms with Crippen molar-refractivity contribution < 1.29 is 9.90 Å². The first kappa shape index (κ1) is 19.1. The van der Waals surface area contributed by atoms with Crippen molar-refractivity contribution in [3.8, 4) is 0 Å². The fraction of sp³-hybridized carbons (Fsp3) is 0.700. The molecule has 2 saturated heterocycles. The number of nitrogens with zero attached hydrogens (tertiary/aromatic N) is 3. The first-order valence-corrected chi connectivity index (χ1v) is 9.90. The second-order valence-corrected chi connectivity index (χ2v) is 7.84. The number of aliphatic hydroxyl groups is 1. The molecule has 2 N–H and O–H groups in total. The average Bonchev–Trinajstić information content (AvgIpc) is 3.15. The maximum absolute atomic E-state index is 12.6. The lowest BCUT2D eigenvalue weighted by molar-refractivity contribution is -0.141. The summed E-state index contributed by atoms with van der Waals surface area (Å²) in [5, 5.41) is 17.8. The molecule has 2 aliphatic heterocycles. The van der Waals surface area contributed by atoms with Gasteiger partial charge in [0.2, 0.25) is 5.91 Å². The molecule has 0 radical (unpaired) electrons. The van der Waals surface area contributed by atoms with Gasteiger partial charge in [0, 0.05) is 56.5 Å². The SMILES string of the molecule is CC=CCCCC(=O)N1CCC[C@@]2(CN(Cc3ccn[nH]3)CC[C@H]2O)C1. The van der Waals surface area contributed by atoms with Crippen molar-refractivity contribution in [3.63, 3.8) is 0 Å². The van der Waals surface area contributed by atoms with Gasteiger partial charge in [0.1, 0.15) is 0 Å². The number of hydrogen-bond donors (Lipinski definition) is 2. The zero-order valence-corrected chi connectivity index (χ0v) is 15.9. The van der Waals surface area contributed by atoms with Crippen LogP contribution in [0, 0.1) is 5.41 Å². The van der Waals surface area contributed by atoms with Gasteiger partial charge in [-0.15, -0.1) is 0 Å². The zero-order chi connectivity index (χ0) is 18.4. The number of likely N-dealkylation sites (tertiary alicyclic amines) is 2. The molecule has 144 valence electrons. The quantitative estimate of drug-likeness (QED) is 0.603. The monoisotopic (exact) mass is 360 g/mol. The fourth-order valence-electron chi connectivity index (χ4n) is 4.46. The summed E-state index contributed by atoms with van der Waals surface area (Å²) < 4.78 is 0. The van der Waals surface area contributed by atoms with Gasteiger partial charge < -0.3 is 10.0 Å². The van der Waals surface area contributed by atoms with Gasteiger partial charge in [0.15, 0.2) is 0 Å². The molecule has 1 spiro atoms. The van der Waals surface area contributed by atoms with Gasteiger partial charge in [-0.2, -0.15) is 5.10 Å². The Morgan fingerprint density at radius 3 is 3.12 bits per heavy atom. The number of aromatic amines is 1. The molecule has 2 fully saturated rings. The number of unbranched alkanes of at least 4 members (excludes halogenated alkanes) is 1. The van der Waals surface area contributed by atoms with Crippen LogP contribution in [0.5, 0.6) is 0 Å². The Bertz CT molecular complexity index is 601. The normalized spacial score (nSPS) is 27.5. The van der Waals surface area contributed by atoms with E-state index in [0.717, 1.165) is 64.0 Å². The first-order valence-electron chi connectivity index (χ1n) is 9.90. The van der Waals surface area contributed by atoms with Crippen LogP contribution in [0.2, 0.25) is 0 Å². The first-order chi connectivity index (χ1) is 12.6. The van der Waals surface area contributed by atoms with Gasteiger partial charge in [0.25, 0.3) is 0 Å². The topological polar surface area (TPSA) is 72.5 Å². The molecule has 2 aliphatic rings. The molecule has 1 aromatic rings. The van der Waals surface area contributed by atoms with E-state index in [1.165, 1.54) is 0 Å². The van der Waals surface area contributed by atoms with Crippen LogP contribution >= 0.6 is 0 Å². The molecular formula is C20H32N4O2. The molecule has 0 bridgehead atoms. The average molecular weight is 361 g/mol. The number of piperidine rings is 2. The number of aromatic nitrogens is 2. The third-order valence-electron chi connectivity index (χ3n) is 5.87. The van der Waals surface area contributed by atoms with Gasteiger partial charge in [-0.05, 0) is 45.1 Å². The molecule has 0 saturated carbocycles. The van der Waals surface area contributed by atoms with Crippen LogP contribution in [0.4, 0.5) is 0 Å². The Balaban J connectivity index is 1.60. The van der Waals surface area contributed by atoms with E-state index in [1.807, 2.05) is 24.0 Å². The van der Waals surface area contributed by atoms with Crippen molar-refractivity contribution in [2.24, 2.45) is 5.41 Å². The molecule has 1 aromatic heterocycles. The Labute approximate surface area is 156 Å². The van der Waals surface area contributed by atoms with Crippen LogP contribution in [-0.4, -0.2) is 63.3 Å². The molecule has 6 heteroatoms. The lowest BCUT2D eigenvalue weighted by Crippen LogP contribution is -2.59. The summed E-state index contributed by atoms with van der Waals surface area (Å²) in [6, 6.07) is 2.00. The molecule has 1 amide bonds. The third kappa shape index (κ3) is 4.54. The van der Waals surface area contributed by atoms with Gasteiger partial charge >= 0.3 is 0 Å². The standard InChI is InChI=1S/C20H32N4O2/c1-2-3-4-5-7-19(26)24-12-6-10-20(16-24)15-23(13-9-18(20)25)14-17-8-11-21-22-17/h2-3,8,11,18,25H,4-7,9-10,12-16H2,1H3,(H,21,22)/t18-,20-/m1/s1. The van der Waals surface area contributed by atoms with E-state index in [0.29, 0.717) is 13.0 Å². The van der Waals surface area contributed by atoms with Crippen molar-refractivity contribution in [1.29, 1.82) is 0 Å². The molecule has 3 rings (SSSR count). The lowest BCUT2D eigenvalue weighted by atomic mass is 9.71. The molecule has 2 atom stereocenters. The van der Waals surface area contributed by atoms with E-state index >= 15 is 0 Å². The smallest absolute Gasteiger partial charge is 0.222 e. The number of hydrogen-bond acceptors (Lipinski definition) is 4. The number of nitrogens with one attached hydrogen (secondary N) is 1. The molecule has 3 heterocycles. The maximum atomic E-state index is 12.6. The summed E-state index contributed by atoms with van der Waals surface area (Å²) in [7, 11) is 0. The van der Waals surface area contributed by atoms with E-state index in [-0.39, 0.29) is 17.4 Å². The van der Waals surface area contributed by atoms with Crippen molar-refractivity contribution in [3.05, 3.63) is 30.1 Å². The van der Waals surface area contributed by atoms with Crippen LogP contribution in [0.15, 0.2) is 24.4 Å². The zero-order valence-electron chi connectivity index (χ0n) is 15.9. The Morgan fingerprint density at radius 1 is 1.46 bits per heavy atom. The van der Waals surface area contributed by atoms with E-state index < -0.39 is 0 Å². The molecule has 0 unspecified atom stereocenters. The molecular weight excluding hydrogens is 328 g/mol. The highest BCUT2D eigenvalue weighted by Crippen LogP contribution is 2.39. The summed E-state index contributed by atoms with van der Waals surface area (Å²) in [5.41, 5.74) is 0.916. The molecule has 6 nitrogen and oxygen atoms in total. The Kier molecular flexibility index (Phi) is 6.48. The molecule has 26 heavy (non-hydrogen) atoms. The third-order valence-corrected chi connectivity index (χ3v) is 5.87. The van der Waals surface area contributed by atoms with E-state index in [9.17, 15) is 9.90 Å². The van der Waals surface area contributed by atoms with E-state index in [2.05, 4.69) is 21.2 Å². The van der Waals surface area contributed by atoms with E-state index in [1.54, 1.807) is 6.20 Å². The van der Waals surface area contributed by atoms with Gasteiger partial charge in [0.05, 0.1) is 6.10 Å². The van der Waals surface area contributed by atoms with Crippen LogP contribution in [0.25, 0.3) is 0 Å². The maximum Gasteiger partial charge on any atom is 0.222 e. The van der Waals surface area contributed by atoms with Crippen LogP contribution in [0.3, 0.4) is 0 Å². The minimum Gasteiger partial charge on any atom is -0.392 e. The lowest BCUT2D eigenvalue weighted by Gasteiger charge is -2.51. The second-order valence-electron chi connectivity index (χ2n) is 7.84. The summed E-state index contributed by atoms with van der Waals surface area (Å²) in [5.74, 6) is 0.242. The molecule has 0 aliphatic carbocycles. The summed E-state index contributed by atoms with van der Waals surface area (Å²) >= 11 is 0. The number of H-pyrrole nitrogens is 1. The van der Waals surface area contributed by atoms with Crippen molar-refractivity contribution in [2.75, 3.05) is 26.2 Å².